The van der Waals surface area contributed by atoms with Gasteiger partial charge in [-0.05, 0) is 42.5 Å². The summed E-state index contributed by atoms with van der Waals surface area (Å²) in [6.07, 6.45) is 6.11. The summed E-state index contributed by atoms with van der Waals surface area (Å²) in [6, 6.07) is 5.94. The zero-order valence-corrected chi connectivity index (χ0v) is 11.1. The smallest absolute Gasteiger partial charge is 0.232 e. The number of hydrogen-bond acceptors (Lipinski definition) is 4. The molecule has 0 aromatic carbocycles. The second-order valence-corrected chi connectivity index (χ2v) is 4.64. The van der Waals surface area contributed by atoms with Crippen molar-refractivity contribution in [3.8, 4) is 23.4 Å². The molecule has 2 aromatic rings. The second-order valence-electron chi connectivity index (χ2n) is 4.64. The van der Waals surface area contributed by atoms with Gasteiger partial charge in [-0.2, -0.15) is 5.26 Å². The lowest BCUT2D eigenvalue weighted by Crippen LogP contribution is -2.04. The van der Waals surface area contributed by atoms with Crippen molar-refractivity contribution in [2.45, 2.75) is 19.3 Å². The highest BCUT2D eigenvalue weighted by molar-refractivity contribution is 5.66. The van der Waals surface area contributed by atoms with Crippen LogP contribution in [0.4, 0.5) is 0 Å². The first-order valence-electron chi connectivity index (χ1n) is 6.58. The van der Waals surface area contributed by atoms with Crippen LogP contribution in [0.3, 0.4) is 0 Å². The largest absolute Gasteiger partial charge is 0.472 e. The Balaban J connectivity index is 2.19. The predicted octanol–water partition coefficient (Wildman–Crippen LogP) is 3.27. The summed E-state index contributed by atoms with van der Waals surface area (Å²) in [5.74, 6) is 1.09. The molecule has 0 saturated carbocycles. The van der Waals surface area contributed by atoms with Gasteiger partial charge in [0.2, 0.25) is 5.88 Å². The predicted molar refractivity (Wildman–Crippen MR) is 74.4 cm³/mol. The molecule has 0 aliphatic heterocycles. The average Bonchev–Trinajstić information content (AvgIpc) is 3.14. The van der Waals surface area contributed by atoms with E-state index in [1.54, 1.807) is 12.3 Å². The number of pyridine rings is 1. The maximum Gasteiger partial charge on any atom is 0.232 e. The molecule has 0 atom stereocenters. The van der Waals surface area contributed by atoms with E-state index in [9.17, 15) is 5.26 Å². The van der Waals surface area contributed by atoms with Gasteiger partial charge in [-0.15, -0.1) is 0 Å². The molecule has 0 saturated heterocycles. The van der Waals surface area contributed by atoms with Crippen molar-refractivity contribution in [1.29, 1.82) is 5.26 Å². The standard InChI is InChI=1S/C16H14N2O2/c1-2-8-20-16-13(10-17)11-5-3-6-12(11)15(18-16)14-7-4-9-19-14/h2,4,7,9H,1,3,5-6,8H2. The molecule has 4 heteroatoms. The summed E-state index contributed by atoms with van der Waals surface area (Å²) in [6.45, 7) is 3.95. The normalized spacial score (nSPS) is 12.8. The highest BCUT2D eigenvalue weighted by Gasteiger charge is 2.25. The maximum atomic E-state index is 9.38. The third-order valence-electron chi connectivity index (χ3n) is 3.44. The van der Waals surface area contributed by atoms with Crippen LogP contribution in [0.5, 0.6) is 5.88 Å². The Bertz CT molecular complexity index is 681. The average molecular weight is 266 g/mol. The van der Waals surface area contributed by atoms with E-state index < -0.39 is 0 Å². The van der Waals surface area contributed by atoms with Crippen LogP contribution in [0, 0.1) is 11.3 Å². The van der Waals surface area contributed by atoms with E-state index in [0.717, 1.165) is 41.8 Å². The molecule has 1 aliphatic rings. The lowest BCUT2D eigenvalue weighted by Gasteiger charge is -2.12. The highest BCUT2D eigenvalue weighted by atomic mass is 16.5. The van der Waals surface area contributed by atoms with Crippen LogP contribution in [0.15, 0.2) is 35.5 Å². The van der Waals surface area contributed by atoms with Crippen molar-refractivity contribution < 1.29 is 9.15 Å². The van der Waals surface area contributed by atoms with Crippen molar-refractivity contribution in [3.63, 3.8) is 0 Å². The number of fused-ring (bicyclic) bond motifs is 1. The zero-order chi connectivity index (χ0) is 13.9. The minimum Gasteiger partial charge on any atom is -0.472 e. The SMILES string of the molecule is C=CCOc1nc(-c2ccco2)c2c(c1C#N)CCC2. The van der Waals surface area contributed by atoms with Gasteiger partial charge < -0.3 is 9.15 Å². The first-order valence-corrected chi connectivity index (χ1v) is 6.58. The fourth-order valence-corrected chi connectivity index (χ4v) is 2.61. The van der Waals surface area contributed by atoms with E-state index in [-0.39, 0.29) is 0 Å². The van der Waals surface area contributed by atoms with Gasteiger partial charge in [0.05, 0.1) is 6.26 Å². The van der Waals surface area contributed by atoms with Gasteiger partial charge in [0.1, 0.15) is 23.9 Å². The number of ether oxygens (including phenoxy) is 1. The Labute approximate surface area is 117 Å². The second kappa shape index (κ2) is 5.22. The molecule has 0 unspecified atom stereocenters. The van der Waals surface area contributed by atoms with E-state index in [0.29, 0.717) is 18.1 Å². The first kappa shape index (κ1) is 12.5. The summed E-state index contributed by atoms with van der Waals surface area (Å²) >= 11 is 0. The first-order chi connectivity index (χ1) is 9.85. The molecule has 2 heterocycles. The number of nitrogens with zero attached hydrogens (tertiary/aromatic N) is 2. The van der Waals surface area contributed by atoms with Crippen LogP contribution in [-0.4, -0.2) is 11.6 Å². The van der Waals surface area contributed by atoms with Gasteiger partial charge in [-0.25, -0.2) is 4.98 Å². The van der Waals surface area contributed by atoms with E-state index in [4.69, 9.17) is 9.15 Å². The van der Waals surface area contributed by atoms with Crippen LogP contribution < -0.4 is 4.74 Å². The highest BCUT2D eigenvalue weighted by Crippen LogP contribution is 2.37. The van der Waals surface area contributed by atoms with Crippen molar-refractivity contribution >= 4 is 0 Å². The van der Waals surface area contributed by atoms with Crippen molar-refractivity contribution in [1.82, 2.24) is 4.98 Å². The van der Waals surface area contributed by atoms with Crippen molar-refractivity contribution in [2.24, 2.45) is 0 Å². The molecule has 4 nitrogen and oxygen atoms in total. The zero-order valence-electron chi connectivity index (χ0n) is 11.1. The van der Waals surface area contributed by atoms with Gasteiger partial charge in [0.15, 0.2) is 5.76 Å². The molecule has 0 bridgehead atoms. The summed E-state index contributed by atoms with van der Waals surface area (Å²) < 4.78 is 11.0. The van der Waals surface area contributed by atoms with Crippen LogP contribution in [0.2, 0.25) is 0 Å². The molecule has 100 valence electrons. The fourth-order valence-electron chi connectivity index (χ4n) is 2.61. The molecule has 0 N–H and O–H groups in total. The van der Waals surface area contributed by atoms with Crippen molar-refractivity contribution in [2.75, 3.05) is 6.61 Å². The molecule has 0 spiro atoms. The Morgan fingerprint density at radius 2 is 2.30 bits per heavy atom. The lowest BCUT2D eigenvalue weighted by molar-refractivity contribution is 0.347. The van der Waals surface area contributed by atoms with Crippen LogP contribution in [0.25, 0.3) is 11.5 Å². The van der Waals surface area contributed by atoms with E-state index >= 15 is 0 Å². The van der Waals surface area contributed by atoms with Gasteiger partial charge in [-0.1, -0.05) is 12.7 Å². The van der Waals surface area contributed by atoms with E-state index in [1.165, 1.54) is 0 Å². The van der Waals surface area contributed by atoms with Gasteiger partial charge >= 0.3 is 0 Å². The van der Waals surface area contributed by atoms with E-state index in [1.807, 2.05) is 12.1 Å². The van der Waals surface area contributed by atoms with Crippen molar-refractivity contribution in [3.05, 3.63) is 47.7 Å². The Kier molecular flexibility index (Phi) is 3.26. The number of hydrogen-bond donors (Lipinski definition) is 0. The fraction of sp³-hybridized carbons (Fsp3) is 0.250. The molecule has 3 rings (SSSR count). The van der Waals surface area contributed by atoms with Crippen LogP contribution in [0.1, 0.15) is 23.1 Å². The summed E-state index contributed by atoms with van der Waals surface area (Å²) in [4.78, 5) is 4.51. The molecule has 20 heavy (non-hydrogen) atoms. The quantitative estimate of drug-likeness (QED) is 0.797. The molecular formula is C16H14N2O2. The van der Waals surface area contributed by atoms with Gasteiger partial charge in [0, 0.05) is 0 Å². The maximum absolute atomic E-state index is 9.38. The van der Waals surface area contributed by atoms with Gasteiger partial charge in [-0.3, -0.25) is 0 Å². The summed E-state index contributed by atoms with van der Waals surface area (Å²) in [5.41, 5.74) is 3.51. The van der Waals surface area contributed by atoms with Crippen LogP contribution >= 0.6 is 0 Å². The summed E-state index contributed by atoms with van der Waals surface area (Å²) in [7, 11) is 0. The Morgan fingerprint density at radius 3 is 3.00 bits per heavy atom. The Hall–Kier alpha value is -2.54. The monoisotopic (exact) mass is 266 g/mol. The molecule has 0 amide bonds. The molecule has 0 fully saturated rings. The minimum absolute atomic E-state index is 0.331. The third kappa shape index (κ3) is 1.97. The topological polar surface area (TPSA) is 59.1 Å². The molecule has 2 aromatic heterocycles. The lowest BCUT2D eigenvalue weighted by atomic mass is 10.0. The Morgan fingerprint density at radius 1 is 1.45 bits per heavy atom. The number of rotatable bonds is 4. The minimum atomic E-state index is 0.331. The van der Waals surface area contributed by atoms with Gasteiger partial charge in [0.25, 0.3) is 0 Å². The van der Waals surface area contributed by atoms with Crippen LogP contribution in [-0.2, 0) is 12.8 Å². The number of aromatic nitrogens is 1. The third-order valence-corrected chi connectivity index (χ3v) is 3.44. The van der Waals surface area contributed by atoms with E-state index in [2.05, 4.69) is 17.6 Å². The molecular weight excluding hydrogens is 252 g/mol. The number of furan rings is 1. The number of nitriles is 1. The summed E-state index contributed by atoms with van der Waals surface area (Å²) in [5, 5.41) is 9.38. The molecule has 1 aliphatic carbocycles. The molecule has 0 radical (unpaired) electrons.